The minimum Gasteiger partial charge on any atom is -0.516 e. The molecule has 0 saturated heterocycles. The van der Waals surface area contributed by atoms with E-state index in [2.05, 4.69) is 12.2 Å². The molecule has 2 atom stereocenters. The van der Waals surface area contributed by atoms with Crippen LogP contribution in [0.2, 0.25) is 0 Å². The summed E-state index contributed by atoms with van der Waals surface area (Å²) in [4.78, 5) is 0. The molecule has 0 aromatic carbocycles. The second-order valence-electron chi connectivity index (χ2n) is 3.81. The Kier molecular flexibility index (Phi) is 1.52. The SMILES string of the molecule is OC=CCC12C=CC(CC1)C2. The molecule has 0 amide bonds. The van der Waals surface area contributed by atoms with Crippen molar-refractivity contribution in [3.05, 3.63) is 24.5 Å². The number of rotatable bonds is 2. The molecule has 11 heavy (non-hydrogen) atoms. The Morgan fingerprint density at radius 2 is 2.55 bits per heavy atom. The van der Waals surface area contributed by atoms with Crippen LogP contribution < -0.4 is 0 Å². The summed E-state index contributed by atoms with van der Waals surface area (Å²) in [6.07, 6.45) is 12.8. The van der Waals surface area contributed by atoms with Gasteiger partial charge in [-0.15, -0.1) is 0 Å². The second-order valence-corrected chi connectivity index (χ2v) is 3.81. The molecule has 0 aromatic heterocycles. The van der Waals surface area contributed by atoms with Crippen LogP contribution in [-0.4, -0.2) is 5.11 Å². The molecule has 60 valence electrons. The third-order valence-electron chi connectivity index (χ3n) is 3.03. The van der Waals surface area contributed by atoms with E-state index in [9.17, 15) is 0 Å². The normalized spacial score (nSPS) is 40.9. The van der Waals surface area contributed by atoms with Gasteiger partial charge in [0.25, 0.3) is 0 Å². The number of hydrogen-bond donors (Lipinski definition) is 1. The van der Waals surface area contributed by atoms with Crippen LogP contribution in [0.5, 0.6) is 0 Å². The molecule has 2 bridgehead atoms. The van der Waals surface area contributed by atoms with Gasteiger partial charge in [0.15, 0.2) is 0 Å². The number of fused-ring (bicyclic) bond motifs is 2. The molecule has 2 unspecified atom stereocenters. The van der Waals surface area contributed by atoms with E-state index in [0.717, 1.165) is 12.3 Å². The van der Waals surface area contributed by atoms with Crippen LogP contribution in [0.3, 0.4) is 0 Å². The summed E-state index contributed by atoms with van der Waals surface area (Å²) in [5.74, 6) is 0.849. The summed E-state index contributed by atoms with van der Waals surface area (Å²) >= 11 is 0. The van der Waals surface area contributed by atoms with Gasteiger partial charge in [0.2, 0.25) is 0 Å². The lowest BCUT2D eigenvalue weighted by molar-refractivity contribution is 0.399. The first kappa shape index (κ1) is 6.96. The van der Waals surface area contributed by atoms with Crippen LogP contribution in [0, 0.1) is 11.3 Å². The third kappa shape index (κ3) is 1.09. The lowest BCUT2D eigenvalue weighted by atomic mass is 9.84. The standard InChI is InChI=1S/C10H14O/c11-7-1-4-10-5-2-9(8-10)3-6-10/h1-2,5,7,9,11H,3-4,6,8H2. The zero-order valence-electron chi connectivity index (χ0n) is 6.66. The van der Waals surface area contributed by atoms with Crippen LogP contribution >= 0.6 is 0 Å². The predicted octanol–water partition coefficient (Wildman–Crippen LogP) is 2.80. The van der Waals surface area contributed by atoms with Crippen molar-refractivity contribution in [1.29, 1.82) is 0 Å². The molecule has 1 heteroatoms. The molecule has 2 aliphatic rings. The van der Waals surface area contributed by atoms with Crippen LogP contribution in [0.4, 0.5) is 0 Å². The molecule has 0 aromatic rings. The van der Waals surface area contributed by atoms with Crippen LogP contribution in [0.15, 0.2) is 24.5 Å². The Balaban J connectivity index is 2.06. The van der Waals surface area contributed by atoms with Gasteiger partial charge in [-0.2, -0.15) is 0 Å². The molecule has 0 aliphatic heterocycles. The quantitative estimate of drug-likeness (QED) is 0.474. The Morgan fingerprint density at radius 3 is 3.00 bits per heavy atom. The van der Waals surface area contributed by atoms with Crippen molar-refractivity contribution in [2.45, 2.75) is 25.7 Å². The van der Waals surface area contributed by atoms with E-state index in [1.807, 2.05) is 6.08 Å². The Bertz CT molecular complexity index is 205. The number of hydrogen-bond acceptors (Lipinski definition) is 1. The second kappa shape index (κ2) is 2.40. The highest BCUT2D eigenvalue weighted by Gasteiger charge is 2.39. The lowest BCUT2D eigenvalue weighted by Gasteiger charge is -2.20. The first-order chi connectivity index (χ1) is 5.35. The van der Waals surface area contributed by atoms with Gasteiger partial charge >= 0.3 is 0 Å². The lowest BCUT2D eigenvalue weighted by Crippen LogP contribution is -2.09. The van der Waals surface area contributed by atoms with Gasteiger partial charge in [-0.25, -0.2) is 0 Å². The number of allylic oxidation sites excluding steroid dienone is 3. The minimum atomic E-state index is 0.434. The average Bonchev–Trinajstić information content (AvgIpc) is 2.60. The first-order valence-corrected chi connectivity index (χ1v) is 4.33. The molecular weight excluding hydrogens is 136 g/mol. The van der Waals surface area contributed by atoms with E-state index in [4.69, 9.17) is 5.11 Å². The van der Waals surface area contributed by atoms with Gasteiger partial charge in [-0.1, -0.05) is 12.2 Å². The minimum absolute atomic E-state index is 0.434. The Labute approximate surface area is 67.4 Å². The summed E-state index contributed by atoms with van der Waals surface area (Å²) in [5.41, 5.74) is 0.434. The van der Waals surface area contributed by atoms with Gasteiger partial charge in [0, 0.05) is 0 Å². The smallest absolute Gasteiger partial charge is 0.0752 e. The van der Waals surface area contributed by atoms with E-state index in [0.29, 0.717) is 5.41 Å². The molecule has 1 fully saturated rings. The van der Waals surface area contributed by atoms with Crippen molar-refractivity contribution in [2.75, 3.05) is 0 Å². The molecule has 1 N–H and O–H groups in total. The van der Waals surface area contributed by atoms with Crippen molar-refractivity contribution in [2.24, 2.45) is 11.3 Å². The van der Waals surface area contributed by atoms with Crippen LogP contribution in [0.1, 0.15) is 25.7 Å². The van der Waals surface area contributed by atoms with E-state index in [1.165, 1.54) is 25.5 Å². The highest BCUT2D eigenvalue weighted by atomic mass is 16.2. The van der Waals surface area contributed by atoms with Crippen molar-refractivity contribution >= 4 is 0 Å². The van der Waals surface area contributed by atoms with Gasteiger partial charge in [-0.3, -0.25) is 0 Å². The molecular formula is C10H14O. The van der Waals surface area contributed by atoms with Crippen LogP contribution in [-0.2, 0) is 0 Å². The number of aliphatic hydroxyl groups excluding tert-OH is 1. The van der Waals surface area contributed by atoms with E-state index in [1.54, 1.807) is 0 Å². The topological polar surface area (TPSA) is 20.2 Å². The van der Waals surface area contributed by atoms with Gasteiger partial charge < -0.3 is 5.11 Å². The van der Waals surface area contributed by atoms with Gasteiger partial charge in [0.1, 0.15) is 0 Å². The highest BCUT2D eigenvalue weighted by molar-refractivity contribution is 5.17. The number of aliphatic hydroxyl groups is 1. The largest absolute Gasteiger partial charge is 0.516 e. The molecule has 1 nitrogen and oxygen atoms in total. The molecule has 0 radical (unpaired) electrons. The zero-order valence-corrected chi connectivity index (χ0v) is 6.66. The van der Waals surface area contributed by atoms with Gasteiger partial charge in [0.05, 0.1) is 6.26 Å². The van der Waals surface area contributed by atoms with E-state index < -0.39 is 0 Å². The van der Waals surface area contributed by atoms with E-state index >= 15 is 0 Å². The Morgan fingerprint density at radius 1 is 1.64 bits per heavy atom. The summed E-state index contributed by atoms with van der Waals surface area (Å²) in [7, 11) is 0. The third-order valence-corrected chi connectivity index (χ3v) is 3.03. The molecule has 0 heterocycles. The maximum atomic E-state index is 8.55. The van der Waals surface area contributed by atoms with Crippen LogP contribution in [0.25, 0.3) is 0 Å². The fourth-order valence-corrected chi connectivity index (χ4v) is 2.40. The molecule has 2 rings (SSSR count). The summed E-state index contributed by atoms with van der Waals surface area (Å²) < 4.78 is 0. The fraction of sp³-hybridized carbons (Fsp3) is 0.600. The molecule has 2 aliphatic carbocycles. The maximum absolute atomic E-state index is 8.55. The first-order valence-electron chi connectivity index (χ1n) is 4.33. The molecule has 0 spiro atoms. The zero-order chi connectivity index (χ0) is 7.73. The Hall–Kier alpha value is -0.720. The maximum Gasteiger partial charge on any atom is 0.0752 e. The summed E-state index contributed by atoms with van der Waals surface area (Å²) in [5, 5.41) is 8.55. The molecule has 1 saturated carbocycles. The summed E-state index contributed by atoms with van der Waals surface area (Å²) in [6, 6.07) is 0. The average molecular weight is 150 g/mol. The van der Waals surface area contributed by atoms with E-state index in [-0.39, 0.29) is 0 Å². The monoisotopic (exact) mass is 150 g/mol. The van der Waals surface area contributed by atoms with Crippen molar-refractivity contribution in [1.82, 2.24) is 0 Å². The highest BCUT2D eigenvalue weighted by Crippen LogP contribution is 2.51. The van der Waals surface area contributed by atoms with Crippen molar-refractivity contribution in [3.8, 4) is 0 Å². The predicted molar refractivity (Wildman–Crippen MR) is 45.3 cm³/mol. The summed E-state index contributed by atoms with van der Waals surface area (Å²) in [6.45, 7) is 0. The van der Waals surface area contributed by atoms with Gasteiger partial charge in [-0.05, 0) is 43.1 Å². The fourth-order valence-electron chi connectivity index (χ4n) is 2.40. The van der Waals surface area contributed by atoms with Crippen molar-refractivity contribution < 1.29 is 5.11 Å². The van der Waals surface area contributed by atoms with Crippen molar-refractivity contribution in [3.63, 3.8) is 0 Å².